The first kappa shape index (κ1) is 21.5. The highest BCUT2D eigenvalue weighted by Gasteiger charge is 2.56. The van der Waals surface area contributed by atoms with E-state index in [2.05, 4.69) is 10.5 Å². The molecule has 2 aromatic rings. The normalized spacial score (nSPS) is 27.3. The van der Waals surface area contributed by atoms with Crippen LogP contribution in [0.3, 0.4) is 0 Å². The number of hydrazone groups is 1. The molecule has 0 heterocycles. The molecule has 2 aromatic carbocycles. The van der Waals surface area contributed by atoms with E-state index in [9.17, 15) is 14.7 Å². The van der Waals surface area contributed by atoms with Gasteiger partial charge in [-0.3, -0.25) is 15.0 Å². The zero-order valence-electron chi connectivity index (χ0n) is 17.2. The van der Waals surface area contributed by atoms with Crippen molar-refractivity contribution in [1.82, 2.24) is 0 Å². The van der Waals surface area contributed by atoms with Crippen LogP contribution in [0.4, 0.5) is 5.69 Å². The fourth-order valence-electron chi connectivity index (χ4n) is 4.13. The van der Waals surface area contributed by atoms with Crippen molar-refractivity contribution >= 4 is 23.3 Å². The van der Waals surface area contributed by atoms with Crippen molar-refractivity contribution in [3.8, 4) is 0 Å². The van der Waals surface area contributed by atoms with Crippen molar-refractivity contribution < 1.29 is 24.2 Å². The molecule has 7 heteroatoms. The van der Waals surface area contributed by atoms with Gasteiger partial charge in [-0.2, -0.15) is 5.10 Å². The van der Waals surface area contributed by atoms with Crippen molar-refractivity contribution in [1.29, 1.82) is 0 Å². The first-order valence-electron chi connectivity index (χ1n) is 9.69. The summed E-state index contributed by atoms with van der Waals surface area (Å²) in [4.78, 5) is 25.6. The SMILES string of the molecule is COC(=O)[C@H]1/C(=N\Nc2ccccc2)C[C@](C)(O)[C@@H](C(=O)OC)[C@H]1c1ccccc1. The van der Waals surface area contributed by atoms with Gasteiger partial charge in [-0.15, -0.1) is 0 Å². The molecule has 4 atom stereocenters. The molecule has 0 saturated heterocycles. The maximum absolute atomic E-state index is 12.9. The number of rotatable bonds is 5. The second kappa shape index (κ2) is 9.09. The second-order valence-electron chi connectivity index (χ2n) is 7.55. The minimum absolute atomic E-state index is 0.00962. The van der Waals surface area contributed by atoms with Crippen molar-refractivity contribution in [2.24, 2.45) is 16.9 Å². The molecule has 3 rings (SSSR count). The quantitative estimate of drug-likeness (QED) is 0.581. The monoisotopic (exact) mass is 410 g/mol. The topological polar surface area (TPSA) is 97.2 Å². The summed E-state index contributed by atoms with van der Waals surface area (Å²) in [6.45, 7) is 1.57. The molecule has 0 aliphatic heterocycles. The van der Waals surface area contributed by atoms with E-state index in [0.717, 1.165) is 11.3 Å². The van der Waals surface area contributed by atoms with E-state index in [4.69, 9.17) is 9.47 Å². The van der Waals surface area contributed by atoms with Gasteiger partial charge >= 0.3 is 11.9 Å². The molecule has 1 fully saturated rings. The molecule has 1 aliphatic rings. The fraction of sp³-hybridized carbons (Fsp3) is 0.348. The fourth-order valence-corrected chi connectivity index (χ4v) is 4.13. The molecule has 0 unspecified atom stereocenters. The molecule has 0 aromatic heterocycles. The lowest BCUT2D eigenvalue weighted by molar-refractivity contribution is -0.160. The van der Waals surface area contributed by atoms with Crippen LogP contribution in [0.15, 0.2) is 65.8 Å². The first-order valence-corrected chi connectivity index (χ1v) is 9.69. The van der Waals surface area contributed by atoms with Crippen LogP contribution in [-0.2, 0) is 19.1 Å². The summed E-state index contributed by atoms with van der Waals surface area (Å²) in [6, 6.07) is 18.4. The van der Waals surface area contributed by atoms with Crippen molar-refractivity contribution in [2.45, 2.75) is 24.9 Å². The first-order chi connectivity index (χ1) is 14.4. The number of nitrogens with zero attached hydrogens (tertiary/aromatic N) is 1. The number of methoxy groups -OCH3 is 2. The van der Waals surface area contributed by atoms with E-state index in [-0.39, 0.29) is 6.42 Å². The van der Waals surface area contributed by atoms with Crippen LogP contribution in [-0.4, -0.2) is 42.6 Å². The van der Waals surface area contributed by atoms with Gasteiger partial charge in [0.1, 0.15) is 5.92 Å². The lowest BCUT2D eigenvalue weighted by Crippen LogP contribution is -2.55. The third-order valence-electron chi connectivity index (χ3n) is 5.48. The molecular weight excluding hydrogens is 384 g/mol. The summed E-state index contributed by atoms with van der Waals surface area (Å²) in [5.74, 6) is -3.64. The molecular formula is C23H26N2O5. The molecule has 0 radical (unpaired) electrons. The summed E-state index contributed by atoms with van der Waals surface area (Å²) in [5, 5.41) is 15.7. The summed E-state index contributed by atoms with van der Waals surface area (Å²) in [6.07, 6.45) is 0.00962. The van der Waals surface area contributed by atoms with Gasteiger partial charge in [0.2, 0.25) is 0 Å². The zero-order valence-corrected chi connectivity index (χ0v) is 17.2. The predicted molar refractivity (Wildman–Crippen MR) is 113 cm³/mol. The van der Waals surface area contributed by atoms with Gasteiger partial charge in [0.25, 0.3) is 0 Å². The van der Waals surface area contributed by atoms with Gasteiger partial charge < -0.3 is 14.6 Å². The third kappa shape index (κ3) is 4.36. The van der Waals surface area contributed by atoms with E-state index in [0.29, 0.717) is 5.71 Å². The molecule has 0 bridgehead atoms. The average molecular weight is 410 g/mol. The molecule has 0 amide bonds. The Bertz CT molecular complexity index is 912. The van der Waals surface area contributed by atoms with Gasteiger partial charge in [-0.1, -0.05) is 48.5 Å². The Morgan fingerprint density at radius 2 is 1.57 bits per heavy atom. The Kier molecular flexibility index (Phi) is 6.52. The predicted octanol–water partition coefficient (Wildman–Crippen LogP) is 2.97. The maximum Gasteiger partial charge on any atom is 0.315 e. The van der Waals surface area contributed by atoms with Crippen LogP contribution in [0, 0.1) is 11.8 Å². The lowest BCUT2D eigenvalue weighted by atomic mass is 9.61. The number of anilines is 1. The van der Waals surface area contributed by atoms with E-state index in [1.807, 2.05) is 60.7 Å². The number of hydrogen-bond acceptors (Lipinski definition) is 7. The number of carbonyl (C=O) groups excluding carboxylic acids is 2. The van der Waals surface area contributed by atoms with Crippen LogP contribution in [0.1, 0.15) is 24.8 Å². The average Bonchev–Trinajstić information content (AvgIpc) is 2.77. The molecule has 1 saturated carbocycles. The van der Waals surface area contributed by atoms with Crippen LogP contribution in [0.5, 0.6) is 0 Å². The van der Waals surface area contributed by atoms with Gasteiger partial charge in [-0.25, -0.2) is 0 Å². The van der Waals surface area contributed by atoms with Gasteiger partial charge in [0, 0.05) is 12.3 Å². The molecule has 1 aliphatic carbocycles. The Morgan fingerprint density at radius 1 is 1.00 bits per heavy atom. The summed E-state index contributed by atoms with van der Waals surface area (Å²) in [7, 11) is 2.57. The molecule has 0 spiro atoms. The van der Waals surface area contributed by atoms with E-state index >= 15 is 0 Å². The molecule has 7 nitrogen and oxygen atoms in total. The highest BCUT2D eigenvalue weighted by Crippen LogP contribution is 2.47. The minimum atomic E-state index is -1.48. The van der Waals surface area contributed by atoms with Gasteiger partial charge in [0.05, 0.1) is 37.1 Å². The molecule has 2 N–H and O–H groups in total. The van der Waals surface area contributed by atoms with Crippen LogP contribution < -0.4 is 5.43 Å². The van der Waals surface area contributed by atoms with Gasteiger partial charge in [0.15, 0.2) is 0 Å². The summed E-state index contributed by atoms with van der Waals surface area (Å²) < 4.78 is 10.1. The Labute approximate surface area is 175 Å². The number of ether oxygens (including phenoxy) is 2. The van der Waals surface area contributed by atoms with E-state index < -0.39 is 35.3 Å². The largest absolute Gasteiger partial charge is 0.469 e. The molecule has 158 valence electrons. The Balaban J connectivity index is 2.12. The third-order valence-corrected chi connectivity index (χ3v) is 5.48. The second-order valence-corrected chi connectivity index (χ2v) is 7.55. The number of carbonyl (C=O) groups is 2. The number of nitrogens with one attached hydrogen (secondary N) is 1. The van der Waals surface area contributed by atoms with Crippen LogP contribution in [0.25, 0.3) is 0 Å². The lowest BCUT2D eigenvalue weighted by Gasteiger charge is -2.44. The molecule has 30 heavy (non-hydrogen) atoms. The van der Waals surface area contributed by atoms with Crippen LogP contribution in [0.2, 0.25) is 0 Å². The van der Waals surface area contributed by atoms with E-state index in [1.165, 1.54) is 14.2 Å². The van der Waals surface area contributed by atoms with Gasteiger partial charge in [-0.05, 0) is 24.6 Å². The number of benzene rings is 2. The number of para-hydroxylation sites is 1. The van der Waals surface area contributed by atoms with Crippen molar-refractivity contribution in [3.05, 3.63) is 66.2 Å². The van der Waals surface area contributed by atoms with Crippen molar-refractivity contribution in [2.75, 3.05) is 19.6 Å². The smallest absolute Gasteiger partial charge is 0.315 e. The summed E-state index contributed by atoms with van der Waals surface area (Å²) in [5.41, 5.74) is 3.33. The number of esters is 2. The Hall–Kier alpha value is -3.19. The van der Waals surface area contributed by atoms with E-state index in [1.54, 1.807) is 6.92 Å². The highest BCUT2D eigenvalue weighted by atomic mass is 16.5. The van der Waals surface area contributed by atoms with Crippen LogP contribution >= 0.6 is 0 Å². The zero-order chi connectivity index (χ0) is 21.7. The standard InChI is InChI=1S/C23H26N2O5/c1-23(28)14-17(25-24-16-12-8-5-9-13-16)19(21(26)29-2)18(20(23)22(27)30-3)15-10-6-4-7-11-15/h4-13,18-20,24,28H,14H2,1-3H3/b25-17-/t18-,19-,20+,23-/m0/s1. The minimum Gasteiger partial charge on any atom is -0.469 e. The maximum atomic E-state index is 12.9. The number of hydrogen-bond donors (Lipinski definition) is 2. The highest BCUT2D eigenvalue weighted by molar-refractivity contribution is 6.06. The van der Waals surface area contributed by atoms with Crippen molar-refractivity contribution in [3.63, 3.8) is 0 Å². The summed E-state index contributed by atoms with van der Waals surface area (Å²) >= 11 is 0. The number of aliphatic hydroxyl groups is 1. The Morgan fingerprint density at radius 3 is 2.13 bits per heavy atom.